The first-order valence-corrected chi connectivity index (χ1v) is 14.8. The zero-order valence-electron chi connectivity index (χ0n) is 24.7. The minimum Gasteiger partial charge on any atom is -0.460 e. The Morgan fingerprint density at radius 3 is 2.38 bits per heavy atom. The second kappa shape index (κ2) is 14.8. The quantitative estimate of drug-likeness (QED) is 0.153. The number of hydrogen-bond donors (Lipinski definition) is 3. The van der Waals surface area contributed by atoms with Crippen LogP contribution in [0, 0.1) is 18.3 Å². The predicted molar refractivity (Wildman–Crippen MR) is 169 cm³/mol. The molecule has 0 aliphatic heterocycles. The molecule has 1 heterocycles. The second-order valence-electron chi connectivity index (χ2n) is 11.1. The highest BCUT2D eigenvalue weighted by Crippen LogP contribution is 2.27. The van der Waals surface area contributed by atoms with Crippen LogP contribution in [0.1, 0.15) is 71.6 Å². The third kappa shape index (κ3) is 8.80. The molecule has 6 nitrogen and oxygen atoms in total. The predicted octanol–water partition coefficient (Wildman–Crippen LogP) is 7.36. The van der Waals surface area contributed by atoms with E-state index >= 15 is 0 Å². The van der Waals surface area contributed by atoms with Crippen LogP contribution >= 0.6 is 11.6 Å². The minimum absolute atomic E-state index is 0.117. The number of hydrogen-bond acceptors (Lipinski definition) is 5. The summed E-state index contributed by atoms with van der Waals surface area (Å²) in [6.45, 7) is 9.75. The van der Waals surface area contributed by atoms with Crippen LogP contribution in [-0.2, 0) is 13.0 Å². The highest BCUT2D eigenvalue weighted by molar-refractivity contribution is 6.34. The van der Waals surface area contributed by atoms with Crippen molar-refractivity contribution in [3.8, 4) is 17.4 Å². The fourth-order valence-electron chi connectivity index (χ4n) is 4.74. The van der Waals surface area contributed by atoms with Crippen LogP contribution in [-0.4, -0.2) is 24.5 Å². The molecule has 0 bridgehead atoms. The van der Waals surface area contributed by atoms with Gasteiger partial charge in [-0.05, 0) is 86.8 Å². The largest absolute Gasteiger partial charge is 0.460 e. The first-order valence-electron chi connectivity index (χ1n) is 14.4. The average Bonchev–Trinajstić information content (AvgIpc) is 3.45. The number of benzene rings is 3. The van der Waals surface area contributed by atoms with E-state index in [0.717, 1.165) is 29.9 Å². The molecule has 0 fully saturated rings. The second-order valence-corrected chi connectivity index (χ2v) is 11.5. The fraction of sp³-hybridized carbons (Fsp3) is 0.314. The maximum absolute atomic E-state index is 13.5. The molecule has 0 spiro atoms. The molecule has 2 unspecified atom stereocenters. The van der Waals surface area contributed by atoms with Crippen LogP contribution in [0.4, 0.5) is 0 Å². The molecule has 0 radical (unpaired) electrons. The van der Waals surface area contributed by atoms with E-state index in [2.05, 4.69) is 74.0 Å². The smallest absolute Gasteiger partial charge is 0.253 e. The van der Waals surface area contributed by atoms with E-state index in [9.17, 15) is 4.79 Å². The van der Waals surface area contributed by atoms with Crippen LogP contribution in [0.15, 0.2) is 83.3 Å². The van der Waals surface area contributed by atoms with Crippen molar-refractivity contribution >= 4 is 17.5 Å². The Bertz CT molecular complexity index is 1500. The number of furan rings is 1. The van der Waals surface area contributed by atoms with Gasteiger partial charge in [-0.3, -0.25) is 4.79 Å². The third-order valence-electron chi connectivity index (χ3n) is 7.26. The molecule has 0 saturated carbocycles. The minimum atomic E-state index is -0.231. The summed E-state index contributed by atoms with van der Waals surface area (Å²) in [5, 5.41) is 19.6. The lowest BCUT2D eigenvalue weighted by Crippen LogP contribution is -2.39. The Morgan fingerprint density at radius 2 is 1.69 bits per heavy atom. The number of nitriles is 1. The van der Waals surface area contributed by atoms with E-state index in [1.807, 2.05) is 30.3 Å². The van der Waals surface area contributed by atoms with Gasteiger partial charge in [0, 0.05) is 23.7 Å². The van der Waals surface area contributed by atoms with Crippen LogP contribution in [0.2, 0.25) is 5.02 Å². The van der Waals surface area contributed by atoms with E-state index < -0.39 is 0 Å². The molecular weight excluding hydrogens is 544 g/mol. The lowest BCUT2D eigenvalue weighted by Gasteiger charge is -2.21. The van der Waals surface area contributed by atoms with E-state index in [1.54, 1.807) is 24.3 Å². The van der Waals surface area contributed by atoms with Gasteiger partial charge in [0.2, 0.25) is 0 Å². The van der Waals surface area contributed by atoms with Gasteiger partial charge in [0.1, 0.15) is 11.5 Å². The maximum Gasteiger partial charge on any atom is 0.253 e. The van der Waals surface area contributed by atoms with Crippen molar-refractivity contribution in [3.63, 3.8) is 0 Å². The zero-order valence-corrected chi connectivity index (χ0v) is 25.5. The molecular formula is C35H39ClN4O2. The molecule has 4 aromatic rings. The molecule has 2 atom stereocenters. The lowest BCUT2D eigenvalue weighted by atomic mass is 10.0. The zero-order chi connectivity index (χ0) is 30.1. The van der Waals surface area contributed by atoms with Gasteiger partial charge in [0.15, 0.2) is 0 Å². The highest BCUT2D eigenvalue weighted by Gasteiger charge is 2.19. The van der Waals surface area contributed by atoms with Crippen LogP contribution in [0.25, 0.3) is 11.3 Å². The normalized spacial score (nSPS) is 12.6. The first kappa shape index (κ1) is 31.1. The number of nitrogens with one attached hydrogen (secondary N) is 3. The van der Waals surface area contributed by atoms with Crippen LogP contribution < -0.4 is 16.0 Å². The summed E-state index contributed by atoms with van der Waals surface area (Å²) in [6, 6.07) is 27.8. The van der Waals surface area contributed by atoms with E-state index in [1.165, 1.54) is 11.1 Å². The van der Waals surface area contributed by atoms with Crippen molar-refractivity contribution in [1.82, 2.24) is 16.0 Å². The lowest BCUT2D eigenvalue weighted by molar-refractivity contribution is 0.0935. The Balaban J connectivity index is 1.44. The van der Waals surface area contributed by atoms with Crippen molar-refractivity contribution in [2.45, 2.75) is 65.2 Å². The van der Waals surface area contributed by atoms with Crippen LogP contribution in [0.3, 0.4) is 0 Å². The van der Waals surface area contributed by atoms with Gasteiger partial charge in [0.05, 0.1) is 28.8 Å². The summed E-state index contributed by atoms with van der Waals surface area (Å²) >= 11 is 6.51. The third-order valence-corrected chi connectivity index (χ3v) is 7.59. The molecule has 7 heteroatoms. The van der Waals surface area contributed by atoms with Gasteiger partial charge in [0.25, 0.3) is 5.91 Å². The summed E-state index contributed by atoms with van der Waals surface area (Å²) in [7, 11) is 0. The fourth-order valence-corrected chi connectivity index (χ4v) is 4.95. The summed E-state index contributed by atoms with van der Waals surface area (Å²) in [5.74, 6) is 1.26. The van der Waals surface area contributed by atoms with Gasteiger partial charge in [-0.25, -0.2) is 0 Å². The first-order chi connectivity index (χ1) is 20.2. The molecule has 3 aromatic carbocycles. The number of aryl methyl sites for hydroxylation is 1. The summed E-state index contributed by atoms with van der Waals surface area (Å²) in [6.07, 6.45) is 1.39. The summed E-state index contributed by atoms with van der Waals surface area (Å²) < 4.78 is 6.14. The van der Waals surface area contributed by atoms with Crippen molar-refractivity contribution in [2.75, 3.05) is 6.54 Å². The molecule has 1 amide bonds. The van der Waals surface area contributed by atoms with Crippen molar-refractivity contribution < 1.29 is 9.21 Å². The van der Waals surface area contributed by atoms with Gasteiger partial charge in [-0.15, -0.1) is 0 Å². The summed E-state index contributed by atoms with van der Waals surface area (Å²) in [5.41, 5.74) is 5.31. The standard InChI is InChI=1S/C35H39ClN4O2/c1-23(2)38-18-17-30(19-26-7-9-27(21-37)10-8-26)40-35(41)32-20-29(13-15-33(32)36)34-16-14-31(42-34)22-39-25(4)28-11-5-24(3)6-12-28/h5-16,20,23,25,30,38-39H,17-19,22H2,1-4H3,(H,40,41). The number of rotatable bonds is 13. The highest BCUT2D eigenvalue weighted by atomic mass is 35.5. The number of halogens is 1. The molecule has 0 saturated heterocycles. The monoisotopic (exact) mass is 582 g/mol. The molecule has 3 N–H and O–H groups in total. The Hall–Kier alpha value is -3.89. The van der Waals surface area contributed by atoms with Gasteiger partial charge in [-0.2, -0.15) is 5.26 Å². The molecule has 4 rings (SSSR count). The molecule has 0 aliphatic carbocycles. The average molecular weight is 583 g/mol. The molecule has 218 valence electrons. The van der Waals surface area contributed by atoms with Crippen molar-refractivity contribution in [1.29, 1.82) is 5.26 Å². The maximum atomic E-state index is 13.5. The van der Waals surface area contributed by atoms with Gasteiger partial charge < -0.3 is 20.4 Å². The van der Waals surface area contributed by atoms with E-state index in [0.29, 0.717) is 40.9 Å². The van der Waals surface area contributed by atoms with Crippen LogP contribution in [0.5, 0.6) is 0 Å². The molecule has 0 aliphatic rings. The summed E-state index contributed by atoms with van der Waals surface area (Å²) in [4.78, 5) is 13.5. The molecule has 1 aromatic heterocycles. The Labute approximate surface area is 254 Å². The van der Waals surface area contributed by atoms with Gasteiger partial charge in [-0.1, -0.05) is 67.4 Å². The SMILES string of the molecule is Cc1ccc(C(C)NCc2ccc(-c3ccc(Cl)c(C(=O)NC(CCNC(C)C)Cc4ccc(C#N)cc4)c3)o2)cc1. The Kier molecular flexibility index (Phi) is 11.0. The van der Waals surface area contributed by atoms with Gasteiger partial charge >= 0.3 is 0 Å². The number of carbonyl (C=O) groups is 1. The van der Waals surface area contributed by atoms with Crippen molar-refractivity contribution in [3.05, 3.63) is 117 Å². The number of amides is 1. The molecule has 42 heavy (non-hydrogen) atoms. The van der Waals surface area contributed by atoms with Crippen molar-refractivity contribution in [2.24, 2.45) is 0 Å². The number of carbonyl (C=O) groups excluding carboxylic acids is 1. The van der Waals surface area contributed by atoms with E-state index in [4.69, 9.17) is 21.3 Å². The Morgan fingerprint density at radius 1 is 0.952 bits per heavy atom. The topological polar surface area (TPSA) is 90.1 Å². The number of nitrogens with zero attached hydrogens (tertiary/aromatic N) is 1. The van der Waals surface area contributed by atoms with E-state index in [-0.39, 0.29) is 18.0 Å².